The van der Waals surface area contributed by atoms with Crippen molar-refractivity contribution < 1.29 is 19.1 Å². The van der Waals surface area contributed by atoms with Gasteiger partial charge in [-0.05, 0) is 37.2 Å². The second kappa shape index (κ2) is 9.62. The largest absolute Gasteiger partial charge is 0.438 e. The molecular weight excluding hydrogens is 420 g/mol. The van der Waals surface area contributed by atoms with Crippen molar-refractivity contribution in [1.82, 2.24) is 14.7 Å². The van der Waals surface area contributed by atoms with E-state index in [2.05, 4.69) is 10.2 Å². The third-order valence-electron chi connectivity index (χ3n) is 6.15. The molecule has 0 aromatic heterocycles. The van der Waals surface area contributed by atoms with Crippen molar-refractivity contribution in [3.8, 4) is 0 Å². The van der Waals surface area contributed by atoms with E-state index in [0.717, 1.165) is 29.8 Å². The third-order valence-corrected chi connectivity index (χ3v) is 6.15. The molecule has 2 aromatic rings. The quantitative estimate of drug-likeness (QED) is 0.758. The number of likely N-dealkylation sites (N-methyl/N-ethyl adjacent to an activating group) is 1. The number of anilines is 1. The molecule has 2 aromatic carbocycles. The lowest BCUT2D eigenvalue weighted by Gasteiger charge is -2.36. The average Bonchev–Trinajstić information content (AvgIpc) is 3.10. The Morgan fingerprint density at radius 3 is 2.39 bits per heavy atom. The van der Waals surface area contributed by atoms with Crippen LogP contribution in [0.2, 0.25) is 0 Å². The number of aryl methyl sites for hydroxylation is 1. The molecule has 2 unspecified atom stereocenters. The molecule has 8 nitrogen and oxygen atoms in total. The molecule has 2 aliphatic rings. The van der Waals surface area contributed by atoms with Gasteiger partial charge in [0.15, 0.2) is 12.1 Å². The predicted molar refractivity (Wildman–Crippen MR) is 125 cm³/mol. The number of nitrogens with zero attached hydrogens (tertiary/aromatic N) is 3. The number of amides is 3. The zero-order chi connectivity index (χ0) is 23.5. The Hall–Kier alpha value is -3.39. The van der Waals surface area contributed by atoms with Gasteiger partial charge in [-0.3, -0.25) is 14.5 Å². The molecule has 0 aliphatic carbocycles. The lowest BCUT2D eigenvalue weighted by molar-refractivity contribution is -0.138. The van der Waals surface area contributed by atoms with E-state index in [-0.39, 0.29) is 11.8 Å². The first-order chi connectivity index (χ1) is 15.8. The summed E-state index contributed by atoms with van der Waals surface area (Å²) in [6.45, 7) is 6.56. The van der Waals surface area contributed by atoms with Gasteiger partial charge in [0.1, 0.15) is 0 Å². The van der Waals surface area contributed by atoms with Crippen molar-refractivity contribution in [2.24, 2.45) is 0 Å². The van der Waals surface area contributed by atoms with Crippen LogP contribution in [0.1, 0.15) is 29.7 Å². The number of nitrogens with one attached hydrogen (secondary N) is 1. The molecule has 2 fully saturated rings. The first-order valence-electron chi connectivity index (χ1n) is 11.2. The summed E-state index contributed by atoms with van der Waals surface area (Å²) >= 11 is 0. The molecule has 174 valence electrons. The number of carbonyl (C=O) groups is 3. The van der Waals surface area contributed by atoms with E-state index in [0.29, 0.717) is 25.3 Å². The fourth-order valence-corrected chi connectivity index (χ4v) is 4.37. The number of carbonyl (C=O) groups excluding carboxylic acids is 3. The maximum absolute atomic E-state index is 13.7. The zero-order valence-electron chi connectivity index (χ0n) is 19.3. The van der Waals surface area contributed by atoms with Gasteiger partial charge < -0.3 is 19.9 Å². The van der Waals surface area contributed by atoms with Crippen LogP contribution < -0.4 is 5.32 Å². The Labute approximate surface area is 194 Å². The van der Waals surface area contributed by atoms with Gasteiger partial charge >= 0.3 is 6.09 Å². The Morgan fingerprint density at radius 2 is 1.76 bits per heavy atom. The molecular formula is C25H30N4O4. The SMILES string of the molecule is CC(=O)Nc1ccc(C2OC(=O)N(Cc3cccc(C)c3)C2C(=O)N2CCN(C)CC2)cc1. The minimum Gasteiger partial charge on any atom is -0.438 e. The summed E-state index contributed by atoms with van der Waals surface area (Å²) in [4.78, 5) is 43.6. The molecule has 4 rings (SSSR count). The summed E-state index contributed by atoms with van der Waals surface area (Å²) in [5.74, 6) is -0.264. The van der Waals surface area contributed by atoms with Crippen LogP contribution in [0.3, 0.4) is 0 Å². The lowest BCUT2D eigenvalue weighted by Crippen LogP contribution is -2.54. The Kier molecular flexibility index (Phi) is 6.65. The molecule has 0 radical (unpaired) electrons. The zero-order valence-corrected chi connectivity index (χ0v) is 19.3. The van der Waals surface area contributed by atoms with Gasteiger partial charge in [0.2, 0.25) is 11.8 Å². The van der Waals surface area contributed by atoms with Crippen molar-refractivity contribution in [3.05, 3.63) is 65.2 Å². The number of cyclic esters (lactones) is 1. The molecule has 8 heteroatoms. The van der Waals surface area contributed by atoms with Crippen LogP contribution >= 0.6 is 0 Å². The van der Waals surface area contributed by atoms with Gasteiger partial charge in [0, 0.05) is 38.8 Å². The standard InChI is InChI=1S/C25H30N4O4/c1-17-5-4-6-19(15-17)16-29-22(24(31)28-13-11-27(3)12-14-28)23(33-25(29)32)20-7-9-21(10-8-20)26-18(2)30/h4-10,15,22-23H,11-14,16H2,1-3H3,(H,26,30). The number of rotatable bonds is 5. The molecule has 0 saturated carbocycles. The smallest absolute Gasteiger partial charge is 0.411 e. The Morgan fingerprint density at radius 1 is 1.06 bits per heavy atom. The number of piperazine rings is 1. The van der Waals surface area contributed by atoms with Gasteiger partial charge in [0.05, 0.1) is 6.54 Å². The highest BCUT2D eigenvalue weighted by molar-refractivity contribution is 5.90. The molecule has 2 saturated heterocycles. The number of ether oxygens (including phenoxy) is 1. The second-order valence-corrected chi connectivity index (χ2v) is 8.80. The first kappa shape index (κ1) is 22.8. The number of hydrogen-bond acceptors (Lipinski definition) is 5. The maximum atomic E-state index is 13.7. The van der Waals surface area contributed by atoms with E-state index in [1.165, 1.54) is 6.92 Å². The number of hydrogen-bond donors (Lipinski definition) is 1. The van der Waals surface area contributed by atoms with Crippen molar-refractivity contribution in [3.63, 3.8) is 0 Å². The minimum absolute atomic E-state index is 0.0995. The summed E-state index contributed by atoms with van der Waals surface area (Å²) in [6, 6.07) is 14.3. The summed E-state index contributed by atoms with van der Waals surface area (Å²) < 4.78 is 5.77. The Balaban J connectivity index is 1.63. The lowest BCUT2D eigenvalue weighted by atomic mass is 9.99. The van der Waals surface area contributed by atoms with E-state index in [1.54, 1.807) is 29.2 Å². The summed E-state index contributed by atoms with van der Waals surface area (Å²) in [5, 5.41) is 2.73. The van der Waals surface area contributed by atoms with E-state index in [4.69, 9.17) is 4.74 Å². The van der Waals surface area contributed by atoms with E-state index in [9.17, 15) is 14.4 Å². The summed E-state index contributed by atoms with van der Waals surface area (Å²) in [7, 11) is 2.04. The summed E-state index contributed by atoms with van der Waals surface area (Å²) in [5.41, 5.74) is 3.41. The monoisotopic (exact) mass is 450 g/mol. The van der Waals surface area contributed by atoms with Crippen LogP contribution in [0.5, 0.6) is 0 Å². The van der Waals surface area contributed by atoms with Crippen LogP contribution in [0.15, 0.2) is 48.5 Å². The van der Waals surface area contributed by atoms with Gasteiger partial charge in [-0.2, -0.15) is 0 Å². The first-order valence-corrected chi connectivity index (χ1v) is 11.2. The van der Waals surface area contributed by atoms with Crippen LogP contribution in [-0.2, 0) is 20.9 Å². The highest BCUT2D eigenvalue weighted by atomic mass is 16.6. The van der Waals surface area contributed by atoms with E-state index < -0.39 is 18.2 Å². The normalized spacial score (nSPS) is 21.1. The molecule has 0 bridgehead atoms. The predicted octanol–water partition coefficient (Wildman–Crippen LogP) is 2.79. The molecule has 2 heterocycles. The highest BCUT2D eigenvalue weighted by Gasteiger charge is 2.48. The van der Waals surface area contributed by atoms with E-state index >= 15 is 0 Å². The molecule has 33 heavy (non-hydrogen) atoms. The molecule has 2 aliphatic heterocycles. The van der Waals surface area contributed by atoms with Crippen molar-refractivity contribution in [1.29, 1.82) is 0 Å². The van der Waals surface area contributed by atoms with Crippen LogP contribution in [0.4, 0.5) is 10.5 Å². The van der Waals surface area contributed by atoms with Gasteiger partial charge in [-0.1, -0.05) is 42.0 Å². The van der Waals surface area contributed by atoms with Gasteiger partial charge in [-0.15, -0.1) is 0 Å². The van der Waals surface area contributed by atoms with Crippen LogP contribution in [0, 0.1) is 6.92 Å². The number of benzene rings is 2. The van der Waals surface area contributed by atoms with Crippen molar-refractivity contribution in [2.45, 2.75) is 32.5 Å². The Bertz CT molecular complexity index is 1030. The molecule has 0 spiro atoms. The van der Waals surface area contributed by atoms with Crippen LogP contribution in [0.25, 0.3) is 0 Å². The molecule has 3 amide bonds. The molecule has 1 N–H and O–H groups in total. The van der Waals surface area contributed by atoms with Gasteiger partial charge in [0.25, 0.3) is 0 Å². The average molecular weight is 451 g/mol. The van der Waals surface area contributed by atoms with Gasteiger partial charge in [-0.25, -0.2) is 4.79 Å². The topological polar surface area (TPSA) is 82.2 Å². The maximum Gasteiger partial charge on any atom is 0.411 e. The third kappa shape index (κ3) is 5.17. The van der Waals surface area contributed by atoms with Crippen molar-refractivity contribution >= 4 is 23.6 Å². The fourth-order valence-electron chi connectivity index (χ4n) is 4.37. The summed E-state index contributed by atoms with van der Waals surface area (Å²) in [6.07, 6.45) is -1.22. The fraction of sp³-hybridized carbons (Fsp3) is 0.400. The minimum atomic E-state index is -0.756. The van der Waals surface area contributed by atoms with Crippen LogP contribution in [-0.4, -0.2) is 71.9 Å². The van der Waals surface area contributed by atoms with E-state index in [1.807, 2.05) is 43.1 Å². The highest BCUT2D eigenvalue weighted by Crippen LogP contribution is 2.35. The second-order valence-electron chi connectivity index (χ2n) is 8.80. The van der Waals surface area contributed by atoms with Crippen molar-refractivity contribution in [2.75, 3.05) is 38.5 Å². The molecule has 2 atom stereocenters.